The SMILES string of the molecule is COCC(C)NC(=O)CNC1CCC(OC)C1. The maximum absolute atomic E-state index is 11.6. The number of amides is 1. The molecule has 0 aromatic carbocycles. The van der Waals surface area contributed by atoms with Gasteiger partial charge in [0.15, 0.2) is 0 Å². The molecule has 5 nitrogen and oxygen atoms in total. The van der Waals surface area contributed by atoms with Crippen molar-refractivity contribution in [1.29, 1.82) is 0 Å². The van der Waals surface area contributed by atoms with Crippen molar-refractivity contribution in [1.82, 2.24) is 10.6 Å². The van der Waals surface area contributed by atoms with Crippen molar-refractivity contribution in [2.24, 2.45) is 0 Å². The Bertz CT molecular complexity index is 236. The molecule has 0 radical (unpaired) electrons. The van der Waals surface area contributed by atoms with E-state index in [1.165, 1.54) is 0 Å². The van der Waals surface area contributed by atoms with E-state index in [0.717, 1.165) is 19.3 Å². The predicted octanol–water partition coefficient (Wildman–Crippen LogP) is 0.295. The smallest absolute Gasteiger partial charge is 0.234 e. The van der Waals surface area contributed by atoms with Crippen LogP contribution in [0.3, 0.4) is 0 Å². The zero-order valence-corrected chi connectivity index (χ0v) is 11.0. The molecule has 0 aromatic heterocycles. The van der Waals surface area contributed by atoms with Gasteiger partial charge in [-0.25, -0.2) is 0 Å². The molecule has 0 heterocycles. The Hall–Kier alpha value is -0.650. The van der Waals surface area contributed by atoms with E-state index in [4.69, 9.17) is 9.47 Å². The summed E-state index contributed by atoms with van der Waals surface area (Å²) in [7, 11) is 3.37. The van der Waals surface area contributed by atoms with Crippen LogP contribution in [-0.2, 0) is 14.3 Å². The van der Waals surface area contributed by atoms with Crippen LogP contribution in [0.25, 0.3) is 0 Å². The highest BCUT2D eigenvalue weighted by atomic mass is 16.5. The lowest BCUT2D eigenvalue weighted by Gasteiger charge is -2.15. The topological polar surface area (TPSA) is 59.6 Å². The van der Waals surface area contributed by atoms with E-state index in [1.807, 2.05) is 6.92 Å². The molecule has 1 saturated carbocycles. The summed E-state index contributed by atoms with van der Waals surface area (Å²) in [5, 5.41) is 6.13. The third-order valence-electron chi connectivity index (χ3n) is 3.09. The lowest BCUT2D eigenvalue weighted by atomic mass is 10.2. The van der Waals surface area contributed by atoms with Crippen LogP contribution in [0, 0.1) is 0 Å². The van der Waals surface area contributed by atoms with Gasteiger partial charge in [-0.05, 0) is 26.2 Å². The molecule has 100 valence electrons. The van der Waals surface area contributed by atoms with E-state index in [2.05, 4.69) is 10.6 Å². The summed E-state index contributed by atoms with van der Waals surface area (Å²) >= 11 is 0. The van der Waals surface area contributed by atoms with Gasteiger partial charge in [0, 0.05) is 26.3 Å². The minimum Gasteiger partial charge on any atom is -0.383 e. The molecule has 2 N–H and O–H groups in total. The van der Waals surface area contributed by atoms with E-state index < -0.39 is 0 Å². The van der Waals surface area contributed by atoms with Crippen LogP contribution in [0.15, 0.2) is 0 Å². The number of rotatable bonds is 7. The monoisotopic (exact) mass is 244 g/mol. The maximum Gasteiger partial charge on any atom is 0.234 e. The van der Waals surface area contributed by atoms with Crippen LogP contribution in [0.2, 0.25) is 0 Å². The van der Waals surface area contributed by atoms with E-state index in [-0.39, 0.29) is 11.9 Å². The Kier molecular flexibility index (Phi) is 6.47. The number of carbonyl (C=O) groups is 1. The third kappa shape index (κ3) is 5.48. The summed E-state index contributed by atoms with van der Waals surface area (Å²) in [6.45, 7) is 2.84. The van der Waals surface area contributed by atoms with Crippen LogP contribution in [0.5, 0.6) is 0 Å². The highest BCUT2D eigenvalue weighted by Crippen LogP contribution is 2.20. The average Bonchev–Trinajstić information content (AvgIpc) is 2.74. The van der Waals surface area contributed by atoms with Crippen LogP contribution < -0.4 is 10.6 Å². The molecule has 1 fully saturated rings. The van der Waals surface area contributed by atoms with Crippen LogP contribution >= 0.6 is 0 Å². The minimum atomic E-state index is 0.0235. The number of hydrogen-bond donors (Lipinski definition) is 2. The Morgan fingerprint density at radius 2 is 2.18 bits per heavy atom. The fraction of sp³-hybridized carbons (Fsp3) is 0.917. The first-order chi connectivity index (χ1) is 8.15. The van der Waals surface area contributed by atoms with E-state index in [0.29, 0.717) is 25.3 Å². The Labute approximate surface area is 103 Å². The fourth-order valence-electron chi connectivity index (χ4n) is 2.19. The standard InChI is InChI=1S/C12H24N2O3/c1-9(8-16-2)14-12(15)7-13-10-4-5-11(6-10)17-3/h9-11,13H,4-8H2,1-3H3,(H,14,15). The normalized spacial score (nSPS) is 25.8. The first kappa shape index (κ1) is 14.4. The van der Waals surface area contributed by atoms with Gasteiger partial charge in [0.2, 0.25) is 5.91 Å². The molecule has 1 aliphatic rings. The van der Waals surface area contributed by atoms with Gasteiger partial charge in [-0.1, -0.05) is 0 Å². The Morgan fingerprint density at radius 1 is 1.41 bits per heavy atom. The second kappa shape index (κ2) is 7.63. The van der Waals surface area contributed by atoms with Crippen molar-refractivity contribution in [3.8, 4) is 0 Å². The molecule has 17 heavy (non-hydrogen) atoms. The number of methoxy groups -OCH3 is 2. The molecule has 1 amide bonds. The van der Waals surface area contributed by atoms with Gasteiger partial charge >= 0.3 is 0 Å². The number of hydrogen-bond acceptors (Lipinski definition) is 4. The van der Waals surface area contributed by atoms with Crippen molar-refractivity contribution in [3.63, 3.8) is 0 Å². The molecule has 3 atom stereocenters. The zero-order chi connectivity index (χ0) is 12.7. The molecule has 1 rings (SSSR count). The largest absolute Gasteiger partial charge is 0.383 e. The molecule has 0 aromatic rings. The van der Waals surface area contributed by atoms with Crippen molar-refractivity contribution in [2.75, 3.05) is 27.4 Å². The van der Waals surface area contributed by atoms with Crippen molar-refractivity contribution < 1.29 is 14.3 Å². The fourth-order valence-corrected chi connectivity index (χ4v) is 2.19. The van der Waals surface area contributed by atoms with Gasteiger partial charge in [0.25, 0.3) is 0 Å². The molecule has 0 saturated heterocycles. The van der Waals surface area contributed by atoms with Gasteiger partial charge in [-0.15, -0.1) is 0 Å². The molecular formula is C12H24N2O3. The van der Waals surface area contributed by atoms with E-state index in [9.17, 15) is 4.79 Å². The first-order valence-electron chi connectivity index (χ1n) is 6.20. The summed E-state index contributed by atoms with van der Waals surface area (Å²) in [6.07, 6.45) is 3.51. The molecule has 0 aliphatic heterocycles. The van der Waals surface area contributed by atoms with Crippen LogP contribution in [0.4, 0.5) is 0 Å². The predicted molar refractivity (Wildman–Crippen MR) is 65.9 cm³/mol. The average molecular weight is 244 g/mol. The van der Waals surface area contributed by atoms with Gasteiger partial charge in [-0.2, -0.15) is 0 Å². The quantitative estimate of drug-likeness (QED) is 0.676. The summed E-state index contributed by atoms with van der Waals surface area (Å²) in [6, 6.07) is 0.466. The minimum absolute atomic E-state index is 0.0235. The second-order valence-electron chi connectivity index (χ2n) is 4.67. The Balaban J connectivity index is 2.12. The molecule has 0 spiro atoms. The molecular weight excluding hydrogens is 220 g/mol. The first-order valence-corrected chi connectivity index (χ1v) is 6.20. The highest BCUT2D eigenvalue weighted by Gasteiger charge is 2.24. The van der Waals surface area contributed by atoms with E-state index in [1.54, 1.807) is 14.2 Å². The maximum atomic E-state index is 11.6. The lowest BCUT2D eigenvalue weighted by Crippen LogP contribution is -2.43. The summed E-state index contributed by atoms with van der Waals surface area (Å²) in [5.74, 6) is 0.0235. The summed E-state index contributed by atoms with van der Waals surface area (Å²) < 4.78 is 10.2. The van der Waals surface area contributed by atoms with Gasteiger partial charge < -0.3 is 20.1 Å². The van der Waals surface area contributed by atoms with Gasteiger partial charge in [0.1, 0.15) is 0 Å². The number of carbonyl (C=O) groups excluding carboxylic acids is 1. The van der Waals surface area contributed by atoms with E-state index >= 15 is 0 Å². The van der Waals surface area contributed by atoms with Crippen molar-refractivity contribution in [2.45, 2.75) is 44.4 Å². The van der Waals surface area contributed by atoms with Gasteiger partial charge in [0.05, 0.1) is 19.3 Å². The van der Waals surface area contributed by atoms with Crippen molar-refractivity contribution in [3.05, 3.63) is 0 Å². The highest BCUT2D eigenvalue weighted by molar-refractivity contribution is 5.78. The lowest BCUT2D eigenvalue weighted by molar-refractivity contribution is -0.121. The summed E-state index contributed by atoms with van der Waals surface area (Å²) in [5.41, 5.74) is 0. The molecule has 5 heteroatoms. The van der Waals surface area contributed by atoms with Crippen LogP contribution in [0.1, 0.15) is 26.2 Å². The van der Waals surface area contributed by atoms with Crippen molar-refractivity contribution >= 4 is 5.91 Å². The third-order valence-corrected chi connectivity index (χ3v) is 3.09. The Morgan fingerprint density at radius 3 is 2.76 bits per heavy atom. The number of ether oxygens (including phenoxy) is 2. The van der Waals surface area contributed by atoms with Crippen LogP contribution in [-0.4, -0.2) is 51.5 Å². The van der Waals surface area contributed by atoms with Gasteiger partial charge in [-0.3, -0.25) is 4.79 Å². The zero-order valence-electron chi connectivity index (χ0n) is 11.0. The molecule has 3 unspecified atom stereocenters. The molecule has 0 bridgehead atoms. The molecule has 1 aliphatic carbocycles. The second-order valence-corrected chi connectivity index (χ2v) is 4.67. The summed E-state index contributed by atoms with van der Waals surface area (Å²) in [4.78, 5) is 11.6. The number of nitrogens with one attached hydrogen (secondary N) is 2.